The first kappa shape index (κ1) is 19.5. The van der Waals surface area contributed by atoms with E-state index >= 15 is 0 Å². The van der Waals surface area contributed by atoms with Crippen LogP contribution in [0, 0.1) is 6.92 Å². The summed E-state index contributed by atoms with van der Waals surface area (Å²) in [6.07, 6.45) is 0. The molecular formula is C22H18N2O6. The molecule has 0 aliphatic carbocycles. The summed E-state index contributed by atoms with van der Waals surface area (Å²) in [5.74, 6) is -2.80. The quantitative estimate of drug-likeness (QED) is 0.555. The van der Waals surface area contributed by atoms with Crippen molar-refractivity contribution in [1.82, 2.24) is 9.80 Å². The third kappa shape index (κ3) is 2.97. The van der Waals surface area contributed by atoms with E-state index in [9.17, 15) is 24.0 Å². The van der Waals surface area contributed by atoms with Crippen LogP contribution in [0.15, 0.2) is 42.5 Å². The maximum atomic E-state index is 12.6. The Bertz CT molecular complexity index is 1090. The van der Waals surface area contributed by atoms with Crippen LogP contribution in [0.3, 0.4) is 0 Å². The summed E-state index contributed by atoms with van der Waals surface area (Å²) in [5.41, 5.74) is 1.95. The average molecular weight is 406 g/mol. The van der Waals surface area contributed by atoms with Gasteiger partial charge in [0.05, 0.1) is 28.8 Å². The van der Waals surface area contributed by atoms with Crippen LogP contribution in [0.25, 0.3) is 0 Å². The number of carbonyl (C=O) groups is 5. The van der Waals surface area contributed by atoms with Crippen molar-refractivity contribution in [2.45, 2.75) is 19.9 Å². The summed E-state index contributed by atoms with van der Waals surface area (Å²) in [5, 5.41) is 0. The molecule has 8 nitrogen and oxygen atoms in total. The highest BCUT2D eigenvalue weighted by Crippen LogP contribution is 2.26. The van der Waals surface area contributed by atoms with Gasteiger partial charge in [-0.25, -0.2) is 4.79 Å². The summed E-state index contributed by atoms with van der Waals surface area (Å²) in [6, 6.07) is 10.2. The monoisotopic (exact) mass is 406 g/mol. The van der Waals surface area contributed by atoms with Crippen LogP contribution >= 0.6 is 0 Å². The van der Waals surface area contributed by atoms with Crippen molar-refractivity contribution < 1.29 is 28.7 Å². The number of hydrogen-bond acceptors (Lipinski definition) is 6. The van der Waals surface area contributed by atoms with Gasteiger partial charge < -0.3 is 4.74 Å². The third-order valence-electron chi connectivity index (χ3n) is 5.24. The van der Waals surface area contributed by atoms with Crippen LogP contribution in [0.1, 0.15) is 53.9 Å². The predicted octanol–water partition coefficient (Wildman–Crippen LogP) is 1.82. The number of ether oxygens (including phenoxy) is 1. The molecule has 1 unspecified atom stereocenters. The topological polar surface area (TPSA) is 101 Å². The molecular weight excluding hydrogens is 388 g/mol. The molecule has 0 radical (unpaired) electrons. The normalized spacial score (nSPS) is 16.1. The van der Waals surface area contributed by atoms with E-state index in [0.717, 1.165) is 15.4 Å². The molecule has 0 N–H and O–H groups in total. The molecule has 2 aliphatic rings. The van der Waals surface area contributed by atoms with Gasteiger partial charge in [0, 0.05) is 0 Å². The maximum absolute atomic E-state index is 12.6. The summed E-state index contributed by atoms with van der Waals surface area (Å²) >= 11 is 0. The van der Waals surface area contributed by atoms with Crippen LogP contribution in [0.2, 0.25) is 0 Å². The van der Waals surface area contributed by atoms with Crippen molar-refractivity contribution in [3.05, 3.63) is 70.3 Å². The zero-order chi connectivity index (χ0) is 21.6. The SMILES string of the molecule is Cc1ccc2c(c1)C(=O)N(C(C)C(=O)OCCN1C(=O)c3ccccc3C1=O)C2=O. The summed E-state index contributed by atoms with van der Waals surface area (Å²) in [4.78, 5) is 64.1. The number of fused-ring (bicyclic) bond motifs is 2. The number of amides is 4. The Hall–Kier alpha value is -3.81. The Labute approximate surface area is 172 Å². The maximum Gasteiger partial charge on any atom is 0.329 e. The molecule has 30 heavy (non-hydrogen) atoms. The van der Waals surface area contributed by atoms with Gasteiger partial charge in [-0.15, -0.1) is 0 Å². The first-order chi connectivity index (χ1) is 14.3. The van der Waals surface area contributed by atoms with Crippen molar-refractivity contribution in [3.8, 4) is 0 Å². The molecule has 0 bridgehead atoms. The molecule has 1 atom stereocenters. The molecule has 4 rings (SSSR count). The zero-order valence-electron chi connectivity index (χ0n) is 16.4. The number of benzene rings is 2. The third-order valence-corrected chi connectivity index (χ3v) is 5.24. The second kappa shape index (κ2) is 7.22. The predicted molar refractivity (Wildman–Crippen MR) is 104 cm³/mol. The molecule has 0 saturated carbocycles. The standard InChI is InChI=1S/C22H18N2O6/c1-12-7-8-16-17(11-12)21(28)24(20(16)27)13(2)22(29)30-10-9-23-18(25)14-5-3-4-6-15(14)19(23)26/h3-8,11,13H,9-10H2,1-2H3. The van der Waals surface area contributed by atoms with Crippen LogP contribution in [-0.4, -0.2) is 58.6 Å². The minimum Gasteiger partial charge on any atom is -0.462 e. The Kier molecular flexibility index (Phi) is 4.69. The zero-order valence-corrected chi connectivity index (χ0v) is 16.4. The molecule has 4 amide bonds. The van der Waals surface area contributed by atoms with E-state index in [1.807, 2.05) is 0 Å². The van der Waals surface area contributed by atoms with Crippen LogP contribution in [0.4, 0.5) is 0 Å². The number of aryl methyl sites for hydroxylation is 1. The number of nitrogens with zero attached hydrogens (tertiary/aromatic N) is 2. The molecule has 0 spiro atoms. The van der Waals surface area contributed by atoms with Crippen LogP contribution in [-0.2, 0) is 9.53 Å². The fourth-order valence-corrected chi connectivity index (χ4v) is 3.63. The number of carbonyl (C=O) groups excluding carboxylic acids is 5. The van der Waals surface area contributed by atoms with Crippen molar-refractivity contribution >= 4 is 29.6 Å². The van der Waals surface area contributed by atoms with E-state index in [4.69, 9.17) is 4.74 Å². The Morgan fingerprint density at radius 3 is 2.07 bits per heavy atom. The average Bonchev–Trinajstić information content (AvgIpc) is 3.12. The first-order valence-electron chi connectivity index (χ1n) is 9.41. The lowest BCUT2D eigenvalue weighted by Crippen LogP contribution is -2.44. The fraction of sp³-hybridized carbons (Fsp3) is 0.227. The molecule has 2 aliphatic heterocycles. The number of esters is 1. The van der Waals surface area contributed by atoms with Crippen molar-refractivity contribution in [1.29, 1.82) is 0 Å². The van der Waals surface area contributed by atoms with Gasteiger partial charge in [0.1, 0.15) is 12.6 Å². The second-order valence-electron chi connectivity index (χ2n) is 7.18. The van der Waals surface area contributed by atoms with Gasteiger partial charge >= 0.3 is 5.97 Å². The van der Waals surface area contributed by atoms with E-state index in [1.54, 1.807) is 49.4 Å². The van der Waals surface area contributed by atoms with E-state index in [2.05, 4.69) is 0 Å². The van der Waals surface area contributed by atoms with Crippen molar-refractivity contribution in [2.75, 3.05) is 13.2 Å². The van der Waals surface area contributed by atoms with Crippen molar-refractivity contribution in [2.24, 2.45) is 0 Å². The van der Waals surface area contributed by atoms with Gasteiger partial charge in [-0.2, -0.15) is 0 Å². The number of imide groups is 2. The highest BCUT2D eigenvalue weighted by Gasteiger charge is 2.41. The molecule has 0 saturated heterocycles. The Balaban J connectivity index is 1.39. The fourth-order valence-electron chi connectivity index (χ4n) is 3.63. The smallest absolute Gasteiger partial charge is 0.329 e. The molecule has 2 aromatic rings. The minimum atomic E-state index is -1.14. The lowest BCUT2D eigenvalue weighted by atomic mass is 10.1. The molecule has 0 fully saturated rings. The molecule has 2 aromatic carbocycles. The first-order valence-corrected chi connectivity index (χ1v) is 9.41. The lowest BCUT2D eigenvalue weighted by molar-refractivity contribution is -0.147. The van der Waals surface area contributed by atoms with Gasteiger partial charge in [-0.3, -0.25) is 29.0 Å². The van der Waals surface area contributed by atoms with Crippen LogP contribution in [0.5, 0.6) is 0 Å². The van der Waals surface area contributed by atoms with Gasteiger partial charge in [-0.05, 0) is 38.1 Å². The van der Waals surface area contributed by atoms with Gasteiger partial charge in [0.2, 0.25) is 0 Å². The van der Waals surface area contributed by atoms with E-state index < -0.39 is 35.6 Å². The Morgan fingerprint density at radius 2 is 1.43 bits per heavy atom. The molecule has 2 heterocycles. The van der Waals surface area contributed by atoms with Gasteiger partial charge in [0.15, 0.2) is 0 Å². The molecule has 152 valence electrons. The highest BCUT2D eigenvalue weighted by atomic mass is 16.5. The summed E-state index contributed by atoms with van der Waals surface area (Å²) < 4.78 is 5.16. The van der Waals surface area contributed by atoms with E-state index in [1.165, 1.54) is 6.92 Å². The van der Waals surface area contributed by atoms with E-state index in [0.29, 0.717) is 11.1 Å². The van der Waals surface area contributed by atoms with Crippen LogP contribution < -0.4 is 0 Å². The lowest BCUT2D eigenvalue weighted by Gasteiger charge is -2.21. The second-order valence-corrected chi connectivity index (χ2v) is 7.18. The number of rotatable bonds is 5. The van der Waals surface area contributed by atoms with Crippen molar-refractivity contribution in [3.63, 3.8) is 0 Å². The highest BCUT2D eigenvalue weighted by molar-refractivity contribution is 6.23. The van der Waals surface area contributed by atoms with Gasteiger partial charge in [-0.1, -0.05) is 23.8 Å². The Morgan fingerprint density at radius 1 is 0.867 bits per heavy atom. The summed E-state index contributed by atoms with van der Waals surface area (Å²) in [6.45, 7) is 2.85. The summed E-state index contributed by atoms with van der Waals surface area (Å²) in [7, 11) is 0. The minimum absolute atomic E-state index is 0.119. The number of hydrogen-bond donors (Lipinski definition) is 0. The largest absolute Gasteiger partial charge is 0.462 e. The van der Waals surface area contributed by atoms with Gasteiger partial charge in [0.25, 0.3) is 23.6 Å². The molecule has 8 heteroatoms. The molecule has 0 aromatic heterocycles. The van der Waals surface area contributed by atoms with E-state index in [-0.39, 0.29) is 24.3 Å².